The van der Waals surface area contributed by atoms with E-state index in [1.807, 2.05) is 42.5 Å². The Balaban J connectivity index is 1.49. The van der Waals surface area contributed by atoms with Crippen LogP contribution in [-0.2, 0) is 17.9 Å². The van der Waals surface area contributed by atoms with Crippen molar-refractivity contribution in [2.24, 2.45) is 0 Å². The summed E-state index contributed by atoms with van der Waals surface area (Å²) in [5.41, 5.74) is 2.11. The van der Waals surface area contributed by atoms with Gasteiger partial charge in [0.2, 0.25) is 0 Å². The Morgan fingerprint density at radius 2 is 1.69 bits per heavy atom. The highest BCUT2D eigenvalue weighted by Gasteiger charge is 2.07. The highest BCUT2D eigenvalue weighted by molar-refractivity contribution is 5.92. The maximum Gasteiger partial charge on any atom is 0.407 e. The van der Waals surface area contributed by atoms with Crippen molar-refractivity contribution in [3.05, 3.63) is 89.7 Å². The maximum absolute atomic E-state index is 11.8. The minimum absolute atomic E-state index is 0.226. The molecule has 2 aromatic carbocycles. The van der Waals surface area contributed by atoms with Gasteiger partial charge in [-0.05, 0) is 29.3 Å². The minimum atomic E-state index is -0.479. The Kier molecular flexibility index (Phi) is 6.78. The predicted octanol–water partition coefficient (Wildman–Crippen LogP) is 3.66. The number of benzene rings is 2. The van der Waals surface area contributed by atoms with E-state index < -0.39 is 6.09 Å². The van der Waals surface area contributed by atoms with Crippen molar-refractivity contribution in [3.63, 3.8) is 0 Å². The summed E-state index contributed by atoms with van der Waals surface area (Å²) in [5.74, 6) is 0.833. The van der Waals surface area contributed by atoms with E-state index in [4.69, 9.17) is 9.47 Å². The topological polar surface area (TPSA) is 89.6 Å². The van der Waals surface area contributed by atoms with Gasteiger partial charge >= 0.3 is 6.09 Å². The summed E-state index contributed by atoms with van der Waals surface area (Å²) < 4.78 is 10.9. The van der Waals surface area contributed by atoms with E-state index in [0.717, 1.165) is 11.1 Å². The third-order valence-electron chi connectivity index (χ3n) is 4.00. The highest BCUT2D eigenvalue weighted by atomic mass is 16.5. The molecular formula is C22H21N3O4. The minimum Gasteiger partial charge on any atom is -0.457 e. The van der Waals surface area contributed by atoms with Gasteiger partial charge in [-0.15, -0.1) is 0 Å². The summed E-state index contributed by atoms with van der Waals surface area (Å²) >= 11 is 0. The smallest absolute Gasteiger partial charge is 0.407 e. The van der Waals surface area contributed by atoms with Gasteiger partial charge in [-0.1, -0.05) is 42.5 Å². The van der Waals surface area contributed by atoms with Crippen LogP contribution in [0.1, 0.15) is 21.6 Å². The number of nitrogens with one attached hydrogen (secondary N) is 2. The number of aromatic nitrogens is 1. The molecule has 148 valence electrons. The molecule has 0 unspecified atom stereocenters. The van der Waals surface area contributed by atoms with Crippen LogP contribution >= 0.6 is 0 Å². The van der Waals surface area contributed by atoms with Gasteiger partial charge in [-0.2, -0.15) is 0 Å². The van der Waals surface area contributed by atoms with Gasteiger partial charge in [-0.25, -0.2) is 4.79 Å². The summed E-state index contributed by atoms with van der Waals surface area (Å²) in [6.07, 6.45) is 1.03. The molecule has 29 heavy (non-hydrogen) atoms. The Morgan fingerprint density at radius 1 is 0.931 bits per heavy atom. The van der Waals surface area contributed by atoms with E-state index in [0.29, 0.717) is 18.0 Å². The predicted molar refractivity (Wildman–Crippen MR) is 108 cm³/mol. The fourth-order valence-corrected chi connectivity index (χ4v) is 2.49. The Hall–Kier alpha value is -3.87. The van der Waals surface area contributed by atoms with Gasteiger partial charge in [0.1, 0.15) is 23.8 Å². The zero-order valence-electron chi connectivity index (χ0n) is 15.9. The van der Waals surface area contributed by atoms with Crippen LogP contribution in [0.15, 0.2) is 72.9 Å². The molecule has 7 heteroatoms. The van der Waals surface area contributed by atoms with Crippen LogP contribution in [0.25, 0.3) is 0 Å². The Labute approximate surface area is 168 Å². The molecule has 0 bridgehead atoms. The van der Waals surface area contributed by atoms with Gasteiger partial charge in [-0.3, -0.25) is 9.78 Å². The first-order chi connectivity index (χ1) is 14.1. The lowest BCUT2D eigenvalue weighted by Gasteiger charge is -2.09. The van der Waals surface area contributed by atoms with Crippen LogP contribution < -0.4 is 15.4 Å². The van der Waals surface area contributed by atoms with Crippen LogP contribution in [0, 0.1) is 0 Å². The molecule has 2 amide bonds. The van der Waals surface area contributed by atoms with Gasteiger partial charge in [0, 0.05) is 25.9 Å². The summed E-state index contributed by atoms with van der Waals surface area (Å²) in [6.45, 7) is 0.563. The van der Waals surface area contributed by atoms with Gasteiger partial charge in [0.05, 0.1) is 0 Å². The van der Waals surface area contributed by atoms with Crippen LogP contribution in [0.3, 0.4) is 0 Å². The zero-order valence-corrected chi connectivity index (χ0v) is 15.9. The molecule has 0 aliphatic rings. The summed E-state index contributed by atoms with van der Waals surface area (Å²) in [5, 5.41) is 5.23. The number of nitrogens with zero attached hydrogens (tertiary/aromatic N) is 1. The molecule has 0 aliphatic heterocycles. The van der Waals surface area contributed by atoms with Gasteiger partial charge in [0.25, 0.3) is 5.91 Å². The lowest BCUT2D eigenvalue weighted by Crippen LogP contribution is -2.23. The first-order valence-electron chi connectivity index (χ1n) is 9.03. The average Bonchev–Trinajstić information content (AvgIpc) is 2.77. The molecule has 1 aromatic heterocycles. The molecule has 3 rings (SSSR count). The highest BCUT2D eigenvalue weighted by Crippen LogP contribution is 2.22. The molecule has 0 saturated carbocycles. The summed E-state index contributed by atoms with van der Waals surface area (Å²) in [4.78, 5) is 27.5. The molecule has 2 N–H and O–H groups in total. The van der Waals surface area contributed by atoms with Crippen molar-refractivity contribution in [1.82, 2.24) is 15.6 Å². The number of pyridine rings is 1. The van der Waals surface area contributed by atoms with E-state index in [9.17, 15) is 9.59 Å². The lowest BCUT2D eigenvalue weighted by molar-refractivity contribution is 0.0957. The lowest BCUT2D eigenvalue weighted by atomic mass is 10.2. The van der Waals surface area contributed by atoms with Crippen molar-refractivity contribution < 1.29 is 19.1 Å². The van der Waals surface area contributed by atoms with Crippen LogP contribution in [0.2, 0.25) is 0 Å². The fraction of sp³-hybridized carbons (Fsp3) is 0.136. The first-order valence-corrected chi connectivity index (χ1v) is 9.03. The van der Waals surface area contributed by atoms with E-state index in [-0.39, 0.29) is 18.2 Å². The number of carbonyl (C=O) groups is 2. The monoisotopic (exact) mass is 391 g/mol. The second-order valence-electron chi connectivity index (χ2n) is 6.12. The average molecular weight is 391 g/mol. The van der Waals surface area contributed by atoms with Crippen molar-refractivity contribution >= 4 is 12.0 Å². The largest absolute Gasteiger partial charge is 0.457 e. The van der Waals surface area contributed by atoms with Gasteiger partial charge in [0.15, 0.2) is 0 Å². The van der Waals surface area contributed by atoms with Crippen molar-refractivity contribution in [1.29, 1.82) is 0 Å². The van der Waals surface area contributed by atoms with Crippen LogP contribution in [0.4, 0.5) is 4.79 Å². The Bertz CT molecular complexity index is 959. The molecular weight excluding hydrogens is 370 g/mol. The first kappa shape index (κ1) is 19.9. The summed E-state index contributed by atoms with van der Waals surface area (Å²) in [6, 6.07) is 20.0. The van der Waals surface area contributed by atoms with Crippen molar-refractivity contribution in [2.45, 2.75) is 13.2 Å². The second-order valence-corrected chi connectivity index (χ2v) is 6.12. The number of alkyl carbamates (subject to hydrolysis) is 1. The molecule has 0 aliphatic carbocycles. The molecule has 0 radical (unpaired) electrons. The summed E-state index contributed by atoms with van der Waals surface area (Å²) in [7, 11) is 1.54. The van der Waals surface area contributed by atoms with E-state index in [2.05, 4.69) is 15.6 Å². The second kappa shape index (κ2) is 9.89. The fourth-order valence-electron chi connectivity index (χ4n) is 2.49. The third kappa shape index (κ3) is 6.07. The van der Waals surface area contributed by atoms with E-state index >= 15 is 0 Å². The van der Waals surface area contributed by atoms with Crippen LogP contribution in [0.5, 0.6) is 11.5 Å². The molecule has 1 heterocycles. The molecule has 3 aromatic rings. The molecule has 0 atom stereocenters. The molecule has 7 nitrogen and oxygen atoms in total. The molecule has 0 spiro atoms. The number of rotatable bonds is 7. The Morgan fingerprint density at radius 3 is 2.41 bits per heavy atom. The number of amides is 2. The zero-order chi connectivity index (χ0) is 20.5. The van der Waals surface area contributed by atoms with Gasteiger partial charge < -0.3 is 20.1 Å². The molecule has 0 saturated heterocycles. The van der Waals surface area contributed by atoms with Crippen LogP contribution in [-0.4, -0.2) is 24.0 Å². The van der Waals surface area contributed by atoms with Crippen molar-refractivity contribution in [2.75, 3.05) is 7.05 Å². The maximum atomic E-state index is 11.8. The quantitative estimate of drug-likeness (QED) is 0.642. The molecule has 0 fully saturated rings. The number of hydrogen-bond acceptors (Lipinski definition) is 5. The normalized spacial score (nSPS) is 10.1. The number of carbonyl (C=O) groups excluding carboxylic acids is 2. The van der Waals surface area contributed by atoms with E-state index in [1.54, 1.807) is 31.3 Å². The number of hydrogen-bond donors (Lipinski definition) is 2. The third-order valence-corrected chi connectivity index (χ3v) is 4.00. The van der Waals surface area contributed by atoms with Crippen molar-refractivity contribution in [3.8, 4) is 11.5 Å². The SMILES string of the molecule is CNC(=O)c1cc(Oc2ccc(CNC(=O)OCc3ccccc3)cc2)ccn1. The number of ether oxygens (including phenoxy) is 2. The standard InChI is InChI=1S/C22H21N3O4/c1-23-21(26)20-13-19(11-12-24-20)29-18-9-7-16(8-10-18)14-25-22(27)28-15-17-5-3-2-4-6-17/h2-13H,14-15H2,1H3,(H,23,26)(H,25,27). The van der Waals surface area contributed by atoms with E-state index in [1.165, 1.54) is 6.20 Å².